The van der Waals surface area contributed by atoms with Crippen molar-refractivity contribution in [3.63, 3.8) is 0 Å². The van der Waals surface area contributed by atoms with Crippen LogP contribution in [0, 0.1) is 5.41 Å². The first-order valence-electron chi connectivity index (χ1n) is 4.54. The molecule has 1 aliphatic carbocycles. The molecule has 1 aliphatic rings. The molecule has 1 rings (SSSR count). The quantitative estimate of drug-likeness (QED) is 0.459. The fraction of sp³-hybridized carbons (Fsp3) is 0.545. The van der Waals surface area contributed by atoms with E-state index in [4.69, 9.17) is 5.11 Å². The van der Waals surface area contributed by atoms with Crippen molar-refractivity contribution in [2.24, 2.45) is 5.41 Å². The van der Waals surface area contributed by atoms with Crippen LogP contribution in [-0.4, -0.2) is 10.9 Å². The van der Waals surface area contributed by atoms with Crippen molar-refractivity contribution in [1.29, 1.82) is 0 Å². The molecule has 1 N–H and O–H groups in total. The number of rotatable bonds is 0. The summed E-state index contributed by atoms with van der Waals surface area (Å²) in [7, 11) is 0. The van der Waals surface area contributed by atoms with Crippen molar-refractivity contribution in [3.8, 4) is 0 Å². The van der Waals surface area contributed by atoms with Gasteiger partial charge >= 0.3 is 0 Å². The van der Waals surface area contributed by atoms with Gasteiger partial charge in [0, 0.05) is 6.42 Å². The lowest BCUT2D eigenvalue weighted by Crippen LogP contribution is -2.16. The highest BCUT2D eigenvalue weighted by atomic mass is 16.2. The summed E-state index contributed by atoms with van der Waals surface area (Å²) in [5.41, 5.74) is 1.76. The van der Waals surface area contributed by atoms with Crippen molar-refractivity contribution < 1.29 is 9.90 Å². The van der Waals surface area contributed by atoms with Crippen LogP contribution in [0.3, 0.4) is 0 Å². The average Bonchev–Trinajstić information content (AvgIpc) is 2.03. The van der Waals surface area contributed by atoms with Crippen LogP contribution >= 0.6 is 0 Å². The monoisotopic (exact) mass is 180 g/mol. The molecule has 0 heterocycles. The second kappa shape index (κ2) is 3.36. The van der Waals surface area contributed by atoms with Gasteiger partial charge < -0.3 is 5.11 Å². The Morgan fingerprint density at radius 2 is 2.00 bits per heavy atom. The molecule has 2 heteroatoms. The van der Waals surface area contributed by atoms with Gasteiger partial charge in [-0.1, -0.05) is 26.3 Å². The van der Waals surface area contributed by atoms with Crippen molar-refractivity contribution in [3.05, 3.63) is 23.5 Å². The van der Waals surface area contributed by atoms with Crippen LogP contribution in [0.2, 0.25) is 0 Å². The van der Waals surface area contributed by atoms with Crippen molar-refractivity contribution in [2.45, 2.75) is 33.6 Å². The molecule has 0 bridgehead atoms. The maximum Gasteiger partial charge on any atom is 0.166 e. The number of Topliss-reactive ketones (excluding diaryl/α,β-unsaturated/α-hetero) is 1. The summed E-state index contributed by atoms with van der Waals surface area (Å²) in [5, 5.41) is 8.82. The van der Waals surface area contributed by atoms with Gasteiger partial charge in [0.25, 0.3) is 0 Å². The van der Waals surface area contributed by atoms with Gasteiger partial charge in [-0.25, -0.2) is 0 Å². The van der Waals surface area contributed by atoms with E-state index >= 15 is 0 Å². The Bertz CT molecular complexity index is 277. The Labute approximate surface area is 79.0 Å². The summed E-state index contributed by atoms with van der Waals surface area (Å²) in [5.74, 6) is 0.0375. The van der Waals surface area contributed by atoms with Gasteiger partial charge in [0.1, 0.15) is 0 Å². The Kier molecular flexibility index (Phi) is 2.60. The molecular formula is C11H16O2. The van der Waals surface area contributed by atoms with E-state index in [-0.39, 0.29) is 11.2 Å². The molecule has 0 aromatic carbocycles. The molecule has 0 amide bonds. The number of carbonyl (C=O) groups excluding carboxylic acids is 1. The average molecular weight is 180 g/mol. The molecule has 0 aromatic heterocycles. The standard InChI is InChI=1S/C11H16O2/c1-11(2,3)9-4-5-10(13)8(6-9)7-12/h6-7,12H,4-5H2,1-3H3/b8-7-. The van der Waals surface area contributed by atoms with Crippen LogP contribution in [-0.2, 0) is 4.79 Å². The second-order valence-electron chi connectivity index (χ2n) is 4.43. The molecule has 13 heavy (non-hydrogen) atoms. The first-order valence-corrected chi connectivity index (χ1v) is 4.54. The van der Waals surface area contributed by atoms with Gasteiger partial charge in [-0.15, -0.1) is 0 Å². The summed E-state index contributed by atoms with van der Waals surface area (Å²) >= 11 is 0. The van der Waals surface area contributed by atoms with E-state index in [0.717, 1.165) is 12.7 Å². The van der Waals surface area contributed by atoms with Gasteiger partial charge in [-0.2, -0.15) is 0 Å². The number of allylic oxidation sites excluding steroid dienone is 3. The minimum Gasteiger partial charge on any atom is -0.515 e. The Morgan fingerprint density at radius 1 is 1.38 bits per heavy atom. The van der Waals surface area contributed by atoms with Crippen LogP contribution in [0.1, 0.15) is 33.6 Å². The molecule has 0 fully saturated rings. The van der Waals surface area contributed by atoms with Crippen LogP contribution in [0.4, 0.5) is 0 Å². The number of ketones is 1. The van der Waals surface area contributed by atoms with Crippen LogP contribution < -0.4 is 0 Å². The van der Waals surface area contributed by atoms with E-state index in [0.29, 0.717) is 12.0 Å². The molecule has 0 aliphatic heterocycles. The molecule has 72 valence electrons. The van der Waals surface area contributed by atoms with Crippen LogP contribution in [0.15, 0.2) is 23.5 Å². The van der Waals surface area contributed by atoms with Gasteiger partial charge in [0.05, 0.1) is 11.8 Å². The largest absolute Gasteiger partial charge is 0.515 e. The maximum absolute atomic E-state index is 11.2. The summed E-state index contributed by atoms with van der Waals surface area (Å²) in [6.45, 7) is 6.34. The predicted octanol–water partition coefficient (Wildman–Crippen LogP) is 2.76. The van der Waals surface area contributed by atoms with Crippen molar-refractivity contribution in [2.75, 3.05) is 0 Å². The number of hydrogen-bond donors (Lipinski definition) is 1. The lowest BCUT2D eigenvalue weighted by atomic mass is 9.79. The van der Waals surface area contributed by atoms with Gasteiger partial charge in [-0.05, 0) is 17.9 Å². The smallest absolute Gasteiger partial charge is 0.166 e. The minimum atomic E-state index is 0.0375. The molecule has 0 saturated carbocycles. The topological polar surface area (TPSA) is 37.3 Å². The number of hydrogen-bond acceptors (Lipinski definition) is 2. The van der Waals surface area contributed by atoms with E-state index < -0.39 is 0 Å². The fourth-order valence-corrected chi connectivity index (χ4v) is 1.43. The van der Waals surface area contributed by atoms with Crippen LogP contribution in [0.25, 0.3) is 0 Å². The van der Waals surface area contributed by atoms with Crippen molar-refractivity contribution in [1.82, 2.24) is 0 Å². The highest BCUT2D eigenvalue weighted by Gasteiger charge is 2.23. The third kappa shape index (κ3) is 2.20. The Morgan fingerprint density at radius 3 is 2.46 bits per heavy atom. The number of aliphatic hydroxyl groups is 1. The Hall–Kier alpha value is -1.05. The number of aliphatic hydroxyl groups excluding tert-OH is 1. The first-order chi connectivity index (χ1) is 5.95. The third-order valence-corrected chi connectivity index (χ3v) is 2.38. The summed E-state index contributed by atoms with van der Waals surface area (Å²) < 4.78 is 0. The zero-order valence-electron chi connectivity index (χ0n) is 8.42. The first kappa shape index (κ1) is 10.0. The van der Waals surface area contributed by atoms with Gasteiger partial charge in [-0.3, -0.25) is 4.79 Å². The molecule has 0 saturated heterocycles. The molecule has 0 atom stereocenters. The molecular weight excluding hydrogens is 164 g/mol. The molecule has 0 unspecified atom stereocenters. The van der Waals surface area contributed by atoms with E-state index in [1.54, 1.807) is 0 Å². The zero-order valence-corrected chi connectivity index (χ0v) is 8.42. The lowest BCUT2D eigenvalue weighted by molar-refractivity contribution is -0.115. The molecule has 0 radical (unpaired) electrons. The maximum atomic E-state index is 11.2. The summed E-state index contributed by atoms with van der Waals surface area (Å²) in [6.07, 6.45) is 4.06. The van der Waals surface area contributed by atoms with Crippen molar-refractivity contribution >= 4 is 5.78 Å². The SMILES string of the molecule is CC(C)(C)C1=C/C(=C/O)C(=O)CC1. The van der Waals surface area contributed by atoms with Gasteiger partial charge in [0.2, 0.25) is 0 Å². The zero-order chi connectivity index (χ0) is 10.1. The molecule has 0 spiro atoms. The fourth-order valence-electron chi connectivity index (χ4n) is 1.43. The predicted molar refractivity (Wildman–Crippen MR) is 52.5 cm³/mol. The highest BCUT2D eigenvalue weighted by Crippen LogP contribution is 2.33. The molecule has 0 aromatic rings. The normalized spacial score (nSPS) is 21.9. The van der Waals surface area contributed by atoms with E-state index in [2.05, 4.69) is 20.8 Å². The van der Waals surface area contributed by atoms with E-state index in [1.807, 2.05) is 6.08 Å². The summed E-state index contributed by atoms with van der Waals surface area (Å²) in [6, 6.07) is 0. The minimum absolute atomic E-state index is 0.0375. The number of carbonyl (C=O) groups is 1. The van der Waals surface area contributed by atoms with E-state index in [1.165, 1.54) is 5.57 Å². The highest BCUT2D eigenvalue weighted by molar-refractivity contribution is 5.99. The Balaban J connectivity index is 2.98. The lowest BCUT2D eigenvalue weighted by Gasteiger charge is -2.26. The second-order valence-corrected chi connectivity index (χ2v) is 4.43. The molecule has 2 nitrogen and oxygen atoms in total. The van der Waals surface area contributed by atoms with Crippen LogP contribution in [0.5, 0.6) is 0 Å². The summed E-state index contributed by atoms with van der Waals surface area (Å²) in [4.78, 5) is 11.2. The third-order valence-electron chi connectivity index (χ3n) is 2.38. The van der Waals surface area contributed by atoms with Gasteiger partial charge in [0.15, 0.2) is 5.78 Å². The van der Waals surface area contributed by atoms with E-state index in [9.17, 15) is 4.79 Å².